The zero-order chi connectivity index (χ0) is 16.0. The van der Waals surface area contributed by atoms with Gasteiger partial charge in [0.1, 0.15) is 11.0 Å². The molecule has 5 N–H and O–H groups in total. The van der Waals surface area contributed by atoms with Crippen LogP contribution in [0.5, 0.6) is 0 Å². The number of carbonyl (C=O) groups excluding carboxylic acids is 2. The average Bonchev–Trinajstić information content (AvgIpc) is 2.90. The highest BCUT2D eigenvalue weighted by atomic mass is 32.1. The van der Waals surface area contributed by atoms with Crippen LogP contribution < -0.4 is 16.4 Å². The lowest BCUT2D eigenvalue weighted by Crippen LogP contribution is -2.51. The van der Waals surface area contributed by atoms with E-state index >= 15 is 0 Å². The Hall–Kier alpha value is -2.16. The number of nitrogens with two attached hydrogens (primary N) is 1. The van der Waals surface area contributed by atoms with E-state index in [-0.39, 0.29) is 24.1 Å². The fourth-order valence-electron chi connectivity index (χ4n) is 1.62. The molecule has 1 heterocycles. The second kappa shape index (κ2) is 7.58. The SMILES string of the molecule is CCC(C)C(NC(N)=O)C(=O)NCc1nc(C(=O)O)cs1. The molecule has 0 fully saturated rings. The number of nitrogens with one attached hydrogen (secondary N) is 2. The summed E-state index contributed by atoms with van der Waals surface area (Å²) in [6.45, 7) is 3.82. The molecule has 0 bridgehead atoms. The number of aromatic carboxylic acids is 1. The van der Waals surface area contributed by atoms with Crippen molar-refractivity contribution < 1.29 is 19.5 Å². The highest BCUT2D eigenvalue weighted by molar-refractivity contribution is 7.09. The van der Waals surface area contributed by atoms with Crippen LogP contribution in [0.3, 0.4) is 0 Å². The molecule has 2 unspecified atom stereocenters. The van der Waals surface area contributed by atoms with Crippen LogP contribution in [0, 0.1) is 5.92 Å². The highest BCUT2D eigenvalue weighted by Gasteiger charge is 2.25. The van der Waals surface area contributed by atoms with Crippen LogP contribution in [0.1, 0.15) is 35.8 Å². The molecule has 0 aliphatic carbocycles. The summed E-state index contributed by atoms with van der Waals surface area (Å²) in [7, 11) is 0. The summed E-state index contributed by atoms with van der Waals surface area (Å²) in [4.78, 5) is 37.6. The van der Waals surface area contributed by atoms with Gasteiger partial charge in [0.15, 0.2) is 5.69 Å². The number of thiazole rings is 1. The molecule has 116 valence electrons. The van der Waals surface area contributed by atoms with Gasteiger partial charge in [-0.25, -0.2) is 14.6 Å². The minimum absolute atomic E-state index is 0.0574. The number of carboxylic acid groups (broad SMARTS) is 1. The van der Waals surface area contributed by atoms with E-state index in [1.807, 2.05) is 13.8 Å². The fourth-order valence-corrected chi connectivity index (χ4v) is 2.33. The maximum Gasteiger partial charge on any atom is 0.355 e. The quantitative estimate of drug-likeness (QED) is 0.582. The van der Waals surface area contributed by atoms with E-state index < -0.39 is 18.0 Å². The van der Waals surface area contributed by atoms with E-state index in [1.165, 1.54) is 5.38 Å². The van der Waals surface area contributed by atoms with E-state index in [9.17, 15) is 14.4 Å². The van der Waals surface area contributed by atoms with E-state index in [0.29, 0.717) is 11.4 Å². The average molecular weight is 314 g/mol. The van der Waals surface area contributed by atoms with Crippen molar-refractivity contribution in [2.45, 2.75) is 32.9 Å². The first-order valence-corrected chi connectivity index (χ1v) is 7.24. The molecule has 8 nitrogen and oxygen atoms in total. The van der Waals surface area contributed by atoms with Crippen molar-refractivity contribution in [3.8, 4) is 0 Å². The van der Waals surface area contributed by atoms with Gasteiger partial charge in [-0.05, 0) is 5.92 Å². The molecule has 0 aromatic carbocycles. The number of primary amides is 1. The predicted molar refractivity (Wildman–Crippen MR) is 76.9 cm³/mol. The van der Waals surface area contributed by atoms with Gasteiger partial charge in [0.2, 0.25) is 5.91 Å². The minimum Gasteiger partial charge on any atom is -0.476 e. The lowest BCUT2D eigenvalue weighted by molar-refractivity contribution is -0.124. The first-order valence-electron chi connectivity index (χ1n) is 6.36. The molecule has 1 aromatic heterocycles. The second-order valence-electron chi connectivity index (χ2n) is 4.52. The van der Waals surface area contributed by atoms with Crippen LogP contribution in [0.2, 0.25) is 0 Å². The van der Waals surface area contributed by atoms with Crippen LogP contribution in [0.4, 0.5) is 4.79 Å². The Kier molecular flexibility index (Phi) is 6.10. The van der Waals surface area contributed by atoms with E-state index in [2.05, 4.69) is 15.6 Å². The van der Waals surface area contributed by atoms with Crippen molar-refractivity contribution in [2.75, 3.05) is 0 Å². The third kappa shape index (κ3) is 5.03. The maximum absolute atomic E-state index is 12.1. The largest absolute Gasteiger partial charge is 0.476 e. The van der Waals surface area contributed by atoms with Gasteiger partial charge in [-0.2, -0.15) is 0 Å². The van der Waals surface area contributed by atoms with Crippen molar-refractivity contribution in [3.63, 3.8) is 0 Å². The number of hydrogen-bond acceptors (Lipinski definition) is 5. The first kappa shape index (κ1) is 16.9. The Morgan fingerprint density at radius 3 is 2.62 bits per heavy atom. The maximum atomic E-state index is 12.1. The number of aromatic nitrogens is 1. The molecule has 0 radical (unpaired) electrons. The van der Waals surface area contributed by atoms with E-state index in [1.54, 1.807) is 0 Å². The Bertz CT molecular complexity index is 531. The molecule has 1 aromatic rings. The van der Waals surface area contributed by atoms with Crippen LogP contribution in [0.25, 0.3) is 0 Å². The third-order valence-corrected chi connectivity index (χ3v) is 3.83. The van der Waals surface area contributed by atoms with Gasteiger partial charge in [-0.1, -0.05) is 20.3 Å². The summed E-state index contributed by atoms with van der Waals surface area (Å²) in [6, 6.07) is -1.50. The van der Waals surface area contributed by atoms with Gasteiger partial charge >= 0.3 is 12.0 Å². The van der Waals surface area contributed by atoms with Crippen LogP contribution in [-0.4, -0.2) is 34.0 Å². The summed E-state index contributed by atoms with van der Waals surface area (Å²) in [5.41, 5.74) is 5.00. The summed E-state index contributed by atoms with van der Waals surface area (Å²) in [5.74, 6) is -1.57. The van der Waals surface area contributed by atoms with Gasteiger partial charge in [0, 0.05) is 5.38 Å². The molecule has 0 saturated heterocycles. The first-order chi connectivity index (χ1) is 9.85. The predicted octanol–water partition coefficient (Wildman–Crippen LogP) is 0.540. The van der Waals surface area contributed by atoms with Gasteiger partial charge in [-0.3, -0.25) is 4.79 Å². The number of nitrogens with zero attached hydrogens (tertiary/aromatic N) is 1. The van der Waals surface area contributed by atoms with Gasteiger partial charge in [-0.15, -0.1) is 11.3 Å². The van der Waals surface area contributed by atoms with Crippen molar-refractivity contribution in [2.24, 2.45) is 11.7 Å². The molecular formula is C12H18N4O4S. The van der Waals surface area contributed by atoms with Gasteiger partial charge in [0.05, 0.1) is 6.54 Å². The van der Waals surface area contributed by atoms with Crippen molar-refractivity contribution >= 4 is 29.2 Å². The molecular weight excluding hydrogens is 296 g/mol. The standard InChI is InChI=1S/C12H18N4O4S/c1-3-6(2)9(16-12(13)20)10(17)14-4-8-15-7(5-21-8)11(18)19/h5-6,9H,3-4H2,1-2H3,(H,14,17)(H,18,19)(H3,13,16,20). The molecule has 21 heavy (non-hydrogen) atoms. The molecule has 0 aliphatic heterocycles. The molecule has 0 saturated carbocycles. The number of carbonyl (C=O) groups is 3. The second-order valence-corrected chi connectivity index (χ2v) is 5.46. The van der Waals surface area contributed by atoms with Crippen molar-refractivity contribution in [1.29, 1.82) is 0 Å². The van der Waals surface area contributed by atoms with Crippen molar-refractivity contribution in [1.82, 2.24) is 15.6 Å². The Morgan fingerprint density at radius 1 is 1.48 bits per heavy atom. The molecule has 3 amide bonds. The molecule has 9 heteroatoms. The van der Waals surface area contributed by atoms with Gasteiger partial charge in [0.25, 0.3) is 0 Å². The lowest BCUT2D eigenvalue weighted by Gasteiger charge is -2.22. The monoisotopic (exact) mass is 314 g/mol. The number of rotatable bonds is 7. The molecule has 0 aliphatic rings. The van der Waals surface area contributed by atoms with E-state index in [4.69, 9.17) is 10.8 Å². The number of urea groups is 1. The zero-order valence-electron chi connectivity index (χ0n) is 11.8. The van der Waals surface area contributed by atoms with Crippen LogP contribution in [0.15, 0.2) is 5.38 Å². The molecule has 1 rings (SSSR count). The topological polar surface area (TPSA) is 134 Å². The van der Waals surface area contributed by atoms with Gasteiger partial charge < -0.3 is 21.5 Å². The number of amides is 3. The van der Waals surface area contributed by atoms with E-state index in [0.717, 1.165) is 11.3 Å². The van der Waals surface area contributed by atoms with Crippen LogP contribution in [-0.2, 0) is 11.3 Å². The number of hydrogen-bond donors (Lipinski definition) is 4. The smallest absolute Gasteiger partial charge is 0.355 e. The number of carboxylic acids is 1. The minimum atomic E-state index is -1.11. The summed E-state index contributed by atoms with van der Waals surface area (Å²) >= 11 is 1.14. The summed E-state index contributed by atoms with van der Waals surface area (Å²) in [6.07, 6.45) is 0.693. The Morgan fingerprint density at radius 2 is 2.14 bits per heavy atom. The van der Waals surface area contributed by atoms with Crippen LogP contribution >= 0.6 is 11.3 Å². The fraction of sp³-hybridized carbons (Fsp3) is 0.500. The highest BCUT2D eigenvalue weighted by Crippen LogP contribution is 2.11. The summed E-state index contributed by atoms with van der Waals surface area (Å²) in [5, 5.41) is 15.7. The molecule has 2 atom stereocenters. The molecule has 0 spiro atoms. The normalized spacial score (nSPS) is 13.2. The Labute approximate surface area is 125 Å². The Balaban J connectivity index is 2.63. The zero-order valence-corrected chi connectivity index (χ0v) is 12.6. The lowest BCUT2D eigenvalue weighted by atomic mass is 9.98. The third-order valence-electron chi connectivity index (χ3n) is 2.98. The van der Waals surface area contributed by atoms with Crippen molar-refractivity contribution in [3.05, 3.63) is 16.1 Å². The summed E-state index contributed by atoms with van der Waals surface area (Å²) < 4.78 is 0.